The third-order valence-corrected chi connectivity index (χ3v) is 5.68. The number of nitrogens with zero attached hydrogens (tertiary/aromatic N) is 1. The predicted molar refractivity (Wildman–Crippen MR) is 80.0 cm³/mol. The maximum absolute atomic E-state index is 12.2. The molecule has 112 valence electrons. The number of anilines is 1. The zero-order chi connectivity index (χ0) is 14.9. The van der Waals surface area contributed by atoms with Crippen LogP contribution >= 0.6 is 22.9 Å². The SMILES string of the molecule is O=S(=O)(Nc1ccc2c(c1)OCCCO2)c1cnc(Cl)s1. The molecular weight excluding hydrogens is 336 g/mol. The minimum Gasteiger partial charge on any atom is -0.490 e. The van der Waals surface area contributed by atoms with E-state index in [1.807, 2.05) is 0 Å². The first-order valence-corrected chi connectivity index (χ1v) is 8.76. The van der Waals surface area contributed by atoms with Crippen molar-refractivity contribution >= 4 is 38.6 Å². The first-order chi connectivity index (χ1) is 10.0. The van der Waals surface area contributed by atoms with Crippen LogP contribution in [0.2, 0.25) is 4.47 Å². The maximum Gasteiger partial charge on any atom is 0.273 e. The number of hydrogen-bond donors (Lipinski definition) is 1. The van der Waals surface area contributed by atoms with Gasteiger partial charge in [0, 0.05) is 12.5 Å². The maximum atomic E-state index is 12.2. The highest BCUT2D eigenvalue weighted by atomic mass is 35.5. The summed E-state index contributed by atoms with van der Waals surface area (Å²) >= 11 is 6.56. The molecule has 1 aromatic carbocycles. The monoisotopic (exact) mass is 346 g/mol. The summed E-state index contributed by atoms with van der Waals surface area (Å²) in [6, 6.07) is 4.90. The quantitative estimate of drug-likeness (QED) is 0.924. The van der Waals surface area contributed by atoms with Crippen molar-refractivity contribution in [3.05, 3.63) is 28.9 Å². The second-order valence-corrected chi connectivity index (χ2v) is 7.77. The summed E-state index contributed by atoms with van der Waals surface area (Å²) in [5.41, 5.74) is 0.392. The molecule has 2 aromatic rings. The second-order valence-electron chi connectivity index (χ2n) is 4.25. The van der Waals surface area contributed by atoms with Crippen molar-refractivity contribution in [1.82, 2.24) is 4.98 Å². The molecule has 0 radical (unpaired) electrons. The Morgan fingerprint density at radius 2 is 2.00 bits per heavy atom. The molecule has 0 saturated carbocycles. The van der Waals surface area contributed by atoms with E-state index in [9.17, 15) is 8.42 Å². The van der Waals surface area contributed by atoms with Gasteiger partial charge in [-0.05, 0) is 12.1 Å². The van der Waals surface area contributed by atoms with Crippen molar-refractivity contribution in [2.75, 3.05) is 17.9 Å². The Bertz CT molecular complexity index is 760. The number of aromatic nitrogens is 1. The summed E-state index contributed by atoms with van der Waals surface area (Å²) in [5.74, 6) is 1.13. The van der Waals surface area contributed by atoms with Gasteiger partial charge in [0.15, 0.2) is 20.2 Å². The van der Waals surface area contributed by atoms with Crippen molar-refractivity contribution in [2.45, 2.75) is 10.6 Å². The summed E-state index contributed by atoms with van der Waals surface area (Å²) < 4.78 is 38.1. The molecule has 1 N–H and O–H groups in total. The lowest BCUT2D eigenvalue weighted by atomic mass is 10.3. The Hall–Kier alpha value is -1.51. The zero-order valence-corrected chi connectivity index (χ0v) is 13.1. The number of rotatable bonds is 3. The molecular formula is C12H11ClN2O4S2. The number of hydrogen-bond acceptors (Lipinski definition) is 6. The standard InChI is InChI=1S/C12H11ClN2O4S2/c13-12-14-7-11(20-12)21(16,17)15-8-2-3-9-10(6-8)19-5-1-4-18-9/h2-3,6-7,15H,1,4-5H2. The highest BCUT2D eigenvalue weighted by molar-refractivity contribution is 7.94. The molecule has 2 heterocycles. The number of halogens is 1. The molecule has 0 bridgehead atoms. The number of fused-ring (bicyclic) bond motifs is 1. The van der Waals surface area contributed by atoms with Crippen molar-refractivity contribution < 1.29 is 17.9 Å². The highest BCUT2D eigenvalue weighted by Crippen LogP contribution is 2.33. The van der Waals surface area contributed by atoms with E-state index in [0.717, 1.165) is 17.8 Å². The minimum absolute atomic E-state index is 0.0552. The molecule has 0 unspecified atom stereocenters. The summed E-state index contributed by atoms with van der Waals surface area (Å²) in [7, 11) is -3.70. The normalized spacial score (nSPS) is 14.5. The van der Waals surface area contributed by atoms with E-state index in [-0.39, 0.29) is 8.68 Å². The van der Waals surface area contributed by atoms with Crippen LogP contribution in [0.1, 0.15) is 6.42 Å². The number of thiazole rings is 1. The van der Waals surface area contributed by atoms with E-state index in [0.29, 0.717) is 30.4 Å². The van der Waals surface area contributed by atoms with Gasteiger partial charge >= 0.3 is 0 Å². The van der Waals surface area contributed by atoms with Gasteiger partial charge in [0.2, 0.25) is 0 Å². The number of benzene rings is 1. The van der Waals surface area contributed by atoms with Crippen molar-refractivity contribution in [1.29, 1.82) is 0 Å². The largest absolute Gasteiger partial charge is 0.490 e. The van der Waals surface area contributed by atoms with Gasteiger partial charge in [-0.1, -0.05) is 22.9 Å². The van der Waals surface area contributed by atoms with Crippen LogP contribution in [0.4, 0.5) is 5.69 Å². The summed E-state index contributed by atoms with van der Waals surface area (Å²) in [5, 5.41) is 0. The molecule has 6 nitrogen and oxygen atoms in total. The van der Waals surface area contributed by atoms with Gasteiger partial charge < -0.3 is 9.47 Å². The number of nitrogens with one attached hydrogen (secondary N) is 1. The van der Waals surface area contributed by atoms with E-state index < -0.39 is 10.0 Å². The average Bonchev–Trinajstić information content (AvgIpc) is 2.75. The van der Waals surface area contributed by atoms with E-state index in [4.69, 9.17) is 21.1 Å². The van der Waals surface area contributed by atoms with E-state index in [1.165, 1.54) is 6.20 Å². The van der Waals surface area contributed by atoms with Gasteiger partial charge in [0.05, 0.1) is 25.1 Å². The van der Waals surface area contributed by atoms with Crippen LogP contribution < -0.4 is 14.2 Å². The van der Waals surface area contributed by atoms with Crippen LogP contribution in [-0.2, 0) is 10.0 Å². The molecule has 9 heteroatoms. The fraction of sp³-hybridized carbons (Fsp3) is 0.250. The third-order valence-electron chi connectivity index (χ3n) is 2.72. The molecule has 0 saturated heterocycles. The third kappa shape index (κ3) is 3.22. The molecule has 1 aromatic heterocycles. The molecule has 0 spiro atoms. The first kappa shape index (κ1) is 14.4. The van der Waals surface area contributed by atoms with Crippen LogP contribution in [0.3, 0.4) is 0 Å². The Labute approximate surface area is 130 Å². The highest BCUT2D eigenvalue weighted by Gasteiger charge is 2.19. The van der Waals surface area contributed by atoms with Crippen LogP contribution in [0.15, 0.2) is 28.6 Å². The van der Waals surface area contributed by atoms with Crippen molar-refractivity contribution in [3.63, 3.8) is 0 Å². The minimum atomic E-state index is -3.70. The molecule has 0 aliphatic carbocycles. The average molecular weight is 347 g/mol. The lowest BCUT2D eigenvalue weighted by molar-refractivity contribution is 0.297. The molecule has 0 fully saturated rings. The van der Waals surface area contributed by atoms with Gasteiger partial charge in [-0.25, -0.2) is 13.4 Å². The number of sulfonamides is 1. The van der Waals surface area contributed by atoms with Gasteiger partial charge in [0.25, 0.3) is 10.0 Å². The first-order valence-electron chi connectivity index (χ1n) is 6.08. The van der Waals surface area contributed by atoms with Gasteiger partial charge in [-0.2, -0.15) is 0 Å². The predicted octanol–water partition coefficient (Wildman–Crippen LogP) is 2.76. The molecule has 0 atom stereocenters. The second kappa shape index (κ2) is 5.70. The molecule has 1 aliphatic rings. The van der Waals surface area contributed by atoms with Gasteiger partial charge in [0.1, 0.15) is 0 Å². The van der Waals surface area contributed by atoms with Gasteiger partial charge in [-0.15, -0.1) is 0 Å². The topological polar surface area (TPSA) is 77.5 Å². The lowest BCUT2D eigenvalue weighted by Gasteiger charge is -2.10. The van der Waals surface area contributed by atoms with Gasteiger partial charge in [-0.3, -0.25) is 4.72 Å². The summed E-state index contributed by atoms with van der Waals surface area (Å²) in [4.78, 5) is 3.73. The Kier molecular flexibility index (Phi) is 3.92. The number of ether oxygens (including phenoxy) is 2. The van der Waals surface area contributed by atoms with E-state index >= 15 is 0 Å². The fourth-order valence-electron chi connectivity index (χ4n) is 1.80. The molecule has 1 aliphatic heterocycles. The molecule has 21 heavy (non-hydrogen) atoms. The van der Waals surface area contributed by atoms with Crippen LogP contribution in [0, 0.1) is 0 Å². The van der Waals surface area contributed by atoms with Crippen LogP contribution in [-0.4, -0.2) is 26.6 Å². The van der Waals surface area contributed by atoms with E-state index in [2.05, 4.69) is 9.71 Å². The van der Waals surface area contributed by atoms with E-state index in [1.54, 1.807) is 18.2 Å². The van der Waals surface area contributed by atoms with Crippen LogP contribution in [0.5, 0.6) is 11.5 Å². The smallest absolute Gasteiger partial charge is 0.273 e. The fourth-order valence-corrected chi connectivity index (χ4v) is 4.14. The Morgan fingerprint density at radius 3 is 2.71 bits per heavy atom. The summed E-state index contributed by atoms with van der Waals surface area (Å²) in [6.07, 6.45) is 2.01. The zero-order valence-electron chi connectivity index (χ0n) is 10.7. The molecule has 0 amide bonds. The van der Waals surface area contributed by atoms with Crippen LogP contribution in [0.25, 0.3) is 0 Å². The van der Waals surface area contributed by atoms with Crippen molar-refractivity contribution in [2.24, 2.45) is 0 Å². The Balaban J connectivity index is 1.86. The summed E-state index contributed by atoms with van der Waals surface area (Å²) in [6.45, 7) is 1.12. The lowest BCUT2D eigenvalue weighted by Crippen LogP contribution is -2.11. The molecule has 3 rings (SSSR count). The van der Waals surface area contributed by atoms with Crippen molar-refractivity contribution in [3.8, 4) is 11.5 Å². The Morgan fingerprint density at radius 1 is 1.24 bits per heavy atom.